The van der Waals surface area contributed by atoms with E-state index in [9.17, 15) is 10.5 Å². The van der Waals surface area contributed by atoms with Gasteiger partial charge in [-0.2, -0.15) is 10.5 Å². The number of hydrogen-bond donors (Lipinski definition) is 0. The first-order chi connectivity index (χ1) is 19.2. The number of fused-ring (bicyclic) bond motifs is 5. The maximum absolute atomic E-state index is 10.1. The second-order valence-electron chi connectivity index (χ2n) is 9.09. The summed E-state index contributed by atoms with van der Waals surface area (Å²) in [5.74, 6) is 1.48. The summed E-state index contributed by atoms with van der Waals surface area (Å²) in [6.07, 6.45) is 0. The SMILES string of the molecule is [C-]#[N+]c1cc(C#N)c(-c2cc(N3c4ccccc4Oc4ccccc43)cc3sc4ccccc4c23)c(C#N)c1. The van der Waals surface area contributed by atoms with Crippen LogP contribution in [0, 0.1) is 29.2 Å². The van der Waals surface area contributed by atoms with E-state index in [1.807, 2.05) is 60.7 Å². The highest BCUT2D eigenvalue weighted by Crippen LogP contribution is 2.53. The van der Waals surface area contributed by atoms with E-state index in [0.29, 0.717) is 16.7 Å². The van der Waals surface area contributed by atoms with E-state index in [4.69, 9.17) is 11.3 Å². The van der Waals surface area contributed by atoms with Crippen LogP contribution in [-0.2, 0) is 0 Å². The Bertz CT molecular complexity index is 2030. The fraction of sp³-hybridized carbons (Fsp3) is 0. The van der Waals surface area contributed by atoms with Gasteiger partial charge < -0.3 is 9.64 Å². The van der Waals surface area contributed by atoms with Gasteiger partial charge in [0.1, 0.15) is 0 Å². The van der Waals surface area contributed by atoms with E-state index >= 15 is 0 Å². The van der Waals surface area contributed by atoms with Gasteiger partial charge >= 0.3 is 0 Å². The number of thiophene rings is 1. The minimum atomic E-state index is 0.269. The molecule has 5 aromatic carbocycles. The van der Waals surface area contributed by atoms with Crippen molar-refractivity contribution in [1.29, 1.82) is 10.5 Å². The highest BCUT2D eigenvalue weighted by Gasteiger charge is 2.27. The third-order valence-electron chi connectivity index (χ3n) is 6.92. The van der Waals surface area contributed by atoms with Crippen LogP contribution in [0.5, 0.6) is 11.5 Å². The van der Waals surface area contributed by atoms with E-state index in [2.05, 4.69) is 46.1 Å². The molecule has 39 heavy (non-hydrogen) atoms. The van der Waals surface area contributed by atoms with Gasteiger partial charge in [0.15, 0.2) is 17.2 Å². The summed E-state index contributed by atoms with van der Waals surface area (Å²) < 4.78 is 8.37. The summed E-state index contributed by atoms with van der Waals surface area (Å²) in [5, 5.41) is 22.3. The molecule has 7 rings (SSSR count). The Hall–Kier alpha value is -5.61. The minimum Gasteiger partial charge on any atom is -0.453 e. The van der Waals surface area contributed by atoms with Gasteiger partial charge in [-0.15, -0.1) is 11.3 Å². The van der Waals surface area contributed by atoms with Crippen LogP contribution in [0.1, 0.15) is 11.1 Å². The molecule has 1 aliphatic heterocycles. The summed E-state index contributed by atoms with van der Waals surface area (Å²) in [4.78, 5) is 5.65. The molecule has 0 saturated carbocycles. The lowest BCUT2D eigenvalue weighted by Crippen LogP contribution is -2.15. The van der Waals surface area contributed by atoms with Crippen molar-refractivity contribution in [3.8, 4) is 34.8 Å². The van der Waals surface area contributed by atoms with Crippen LogP contribution in [-0.4, -0.2) is 0 Å². The number of hydrogen-bond acceptors (Lipinski definition) is 5. The topological polar surface area (TPSA) is 64.4 Å². The Balaban J connectivity index is 1.62. The zero-order valence-electron chi connectivity index (χ0n) is 20.3. The van der Waals surface area contributed by atoms with Crippen LogP contribution in [0.25, 0.3) is 36.1 Å². The van der Waals surface area contributed by atoms with E-state index < -0.39 is 0 Å². The lowest BCUT2D eigenvalue weighted by atomic mass is 9.91. The molecule has 2 heterocycles. The van der Waals surface area contributed by atoms with Crippen molar-refractivity contribution in [2.75, 3.05) is 4.90 Å². The fourth-order valence-electron chi connectivity index (χ4n) is 5.31. The van der Waals surface area contributed by atoms with Crippen LogP contribution in [0.15, 0.2) is 97.1 Å². The van der Waals surface area contributed by atoms with Crippen molar-refractivity contribution in [3.63, 3.8) is 0 Å². The quantitative estimate of drug-likeness (QED) is 0.215. The number of rotatable bonds is 2. The van der Waals surface area contributed by atoms with E-state index in [1.54, 1.807) is 23.5 Å². The molecule has 1 aromatic heterocycles. The molecular weight excluding hydrogens is 500 g/mol. The Labute approximate surface area is 228 Å². The van der Waals surface area contributed by atoms with Crippen LogP contribution >= 0.6 is 11.3 Å². The molecule has 0 aliphatic carbocycles. The molecule has 1 aliphatic rings. The molecule has 0 fully saturated rings. The van der Waals surface area contributed by atoms with E-state index in [1.165, 1.54) is 0 Å². The number of para-hydroxylation sites is 4. The van der Waals surface area contributed by atoms with Crippen LogP contribution in [0.3, 0.4) is 0 Å². The average Bonchev–Trinajstić information content (AvgIpc) is 3.37. The van der Waals surface area contributed by atoms with Gasteiger partial charge in [-0.1, -0.05) is 42.5 Å². The molecule has 6 aromatic rings. The molecule has 0 unspecified atom stereocenters. The van der Waals surface area contributed by atoms with E-state index in [-0.39, 0.29) is 5.69 Å². The van der Waals surface area contributed by atoms with Gasteiger partial charge in [-0.05, 0) is 60.2 Å². The first-order valence-corrected chi connectivity index (χ1v) is 13.0. The van der Waals surface area contributed by atoms with Gasteiger partial charge in [0.05, 0.1) is 41.2 Å². The molecule has 0 N–H and O–H groups in total. The average molecular weight is 517 g/mol. The zero-order chi connectivity index (χ0) is 26.5. The number of nitriles is 2. The Kier molecular flexibility index (Phi) is 5.07. The summed E-state index contributed by atoms with van der Waals surface area (Å²) in [6.45, 7) is 7.47. The molecule has 180 valence electrons. The van der Waals surface area contributed by atoms with Crippen LogP contribution in [0.4, 0.5) is 22.7 Å². The highest BCUT2D eigenvalue weighted by molar-refractivity contribution is 7.26. The number of nitrogens with zero attached hydrogens (tertiary/aromatic N) is 4. The highest BCUT2D eigenvalue weighted by atomic mass is 32.1. The molecule has 0 amide bonds. The number of anilines is 3. The summed E-state index contributed by atoms with van der Waals surface area (Å²) in [7, 11) is 0. The summed E-state index contributed by atoms with van der Waals surface area (Å²) in [5.41, 5.74) is 4.87. The van der Waals surface area contributed by atoms with Gasteiger partial charge in [0, 0.05) is 31.4 Å². The van der Waals surface area contributed by atoms with Gasteiger partial charge in [-0.3, -0.25) is 0 Å². The van der Waals surface area contributed by atoms with Crippen molar-refractivity contribution in [2.24, 2.45) is 0 Å². The third-order valence-corrected chi connectivity index (χ3v) is 8.03. The summed E-state index contributed by atoms with van der Waals surface area (Å²) in [6, 6.07) is 35.8. The van der Waals surface area contributed by atoms with Gasteiger partial charge in [-0.25, -0.2) is 4.85 Å². The largest absolute Gasteiger partial charge is 0.453 e. The smallest absolute Gasteiger partial charge is 0.189 e. The molecule has 0 spiro atoms. The van der Waals surface area contributed by atoms with Crippen molar-refractivity contribution in [1.82, 2.24) is 0 Å². The van der Waals surface area contributed by atoms with Crippen molar-refractivity contribution >= 4 is 54.3 Å². The Morgan fingerprint density at radius 1 is 0.744 bits per heavy atom. The van der Waals surface area contributed by atoms with Crippen LogP contribution in [0.2, 0.25) is 0 Å². The standard InChI is InChI=1S/C33H16N4OS/c1-36-22-14-20(18-34)32(21(15-22)19-35)25-16-23(17-31-33(25)24-8-2-7-13-30(24)39-31)37-26-9-3-5-11-28(26)38-29-12-6-4-10-27(29)37/h2-17H. The molecule has 0 bridgehead atoms. The monoisotopic (exact) mass is 516 g/mol. The van der Waals surface area contributed by atoms with Gasteiger partial charge in [0.25, 0.3) is 0 Å². The van der Waals surface area contributed by atoms with Crippen LogP contribution < -0.4 is 9.64 Å². The minimum absolute atomic E-state index is 0.269. The molecule has 5 nitrogen and oxygen atoms in total. The van der Waals surface area contributed by atoms with Gasteiger partial charge in [0.2, 0.25) is 0 Å². The third kappa shape index (κ3) is 3.43. The van der Waals surface area contributed by atoms with E-state index in [0.717, 1.165) is 54.3 Å². The zero-order valence-corrected chi connectivity index (χ0v) is 21.2. The predicted molar refractivity (Wildman–Crippen MR) is 155 cm³/mol. The van der Waals surface area contributed by atoms with Crippen molar-refractivity contribution < 1.29 is 4.74 Å². The molecule has 0 radical (unpaired) electrons. The molecule has 0 saturated heterocycles. The Morgan fingerprint density at radius 3 is 2.00 bits per heavy atom. The maximum Gasteiger partial charge on any atom is 0.189 e. The Morgan fingerprint density at radius 2 is 1.36 bits per heavy atom. The lowest BCUT2D eigenvalue weighted by Gasteiger charge is -2.33. The second-order valence-corrected chi connectivity index (χ2v) is 10.2. The first kappa shape index (κ1) is 22.6. The lowest BCUT2D eigenvalue weighted by molar-refractivity contribution is 0.477. The first-order valence-electron chi connectivity index (χ1n) is 12.2. The van der Waals surface area contributed by atoms with Crippen molar-refractivity contribution in [3.05, 3.63) is 120 Å². The normalized spacial score (nSPS) is 11.7. The fourth-order valence-corrected chi connectivity index (χ4v) is 6.47. The number of ether oxygens (including phenoxy) is 1. The number of benzene rings is 5. The molecule has 0 atom stereocenters. The van der Waals surface area contributed by atoms with Crippen molar-refractivity contribution in [2.45, 2.75) is 0 Å². The summed E-state index contributed by atoms with van der Waals surface area (Å²) >= 11 is 1.67. The molecular formula is C33H16N4OS. The predicted octanol–water partition coefficient (Wildman–Crippen LogP) is 9.59. The molecule has 6 heteroatoms. The maximum atomic E-state index is 10.1. The second kappa shape index (κ2) is 8.75.